The van der Waals surface area contributed by atoms with Crippen molar-refractivity contribution in [1.82, 2.24) is 47.4 Å². The molecule has 16 nitrogen and oxygen atoms in total. The van der Waals surface area contributed by atoms with E-state index in [9.17, 15) is 33.9 Å². The molecule has 1 aromatic rings. The van der Waals surface area contributed by atoms with Crippen LogP contribution in [0.3, 0.4) is 0 Å². The first-order valence-electron chi connectivity index (χ1n) is 23.0. The maximum absolute atomic E-state index is 13.8. The highest BCUT2D eigenvalue weighted by Gasteiger charge is 2.49. The molecule has 0 bridgehead atoms. The number of piperidine rings is 1. The molecule has 4 aliphatic heterocycles. The number of fused-ring (bicyclic) bond motifs is 2. The van der Waals surface area contributed by atoms with Gasteiger partial charge in [0.05, 0.1) is 36.0 Å². The van der Waals surface area contributed by atoms with E-state index >= 15 is 0 Å². The number of unbranched alkanes of at least 4 members (excludes halogenated alkanes) is 1. The third kappa shape index (κ3) is 14.0. The topological polar surface area (TPSA) is 222 Å². The number of rotatable bonds is 19. The lowest BCUT2D eigenvalue weighted by atomic mass is 9.72. The van der Waals surface area contributed by atoms with Crippen LogP contribution in [0, 0.1) is 11.8 Å². The number of hydrogen-bond donors (Lipinski definition) is 9. The lowest BCUT2D eigenvalue weighted by molar-refractivity contribution is -0.133. The summed E-state index contributed by atoms with van der Waals surface area (Å²) < 4.78 is -0.699. The number of carbonyl (C=O) groups excluding carboxylic acids is 6. The van der Waals surface area contributed by atoms with E-state index in [0.717, 1.165) is 50.0 Å². The number of nitrogens with one attached hydrogen (secondary N) is 8. The number of hydrogen-bond acceptors (Lipinski definition) is 11. The van der Waals surface area contributed by atoms with E-state index in [2.05, 4.69) is 47.4 Å². The standard InChI is InChI=1S/C45H71N9O7S2/c1-44(2,3)53-39(58)32-22-28-15-9-10-16-29(28)24-54(32)25-30(55)23-48-41(60)38-45(4,5)63-42(52-38)37(50-35(57)21-27-13-7-6-8-14-27)40(59)47-20-19-46-34(56)18-12-11-17-33-36-31(26-62-33)49-43(61)51-36/h6-8,13-14,28-33,36-38,42,52,55H,9-12,15-26H2,1-5H3,(H,46,56)(H,47,59)(H,48,60)(H,50,57)(H,53,58)(H2,49,51,61)/t28-,29+,30?,31-,32-,33-,36-,37+,38-,42+/m0/s1. The SMILES string of the molecule is CC(C)(C)NC(=O)[C@@H]1C[C@@H]2CCCC[C@@H]2CN1CC(O)CNC(=O)[C@@H]1N[C@@H]([C@H](NC(=O)Cc2ccccc2)C(=O)NCCNC(=O)CCCC[C@@H]2SC[C@@H]3NC(=O)N[C@@H]32)SC1(C)C. The van der Waals surface area contributed by atoms with Crippen molar-refractivity contribution in [2.75, 3.05) is 38.5 Å². The molecule has 63 heavy (non-hydrogen) atoms. The second-order valence-electron chi connectivity index (χ2n) is 19.6. The normalized spacial score (nSPS) is 28.6. The summed E-state index contributed by atoms with van der Waals surface area (Å²) in [6.45, 7) is 11.0. The number of urea groups is 1. The minimum Gasteiger partial charge on any atom is -0.390 e. The number of aliphatic hydroxyl groups excluding tert-OH is 1. The maximum Gasteiger partial charge on any atom is 0.315 e. The predicted molar refractivity (Wildman–Crippen MR) is 247 cm³/mol. The summed E-state index contributed by atoms with van der Waals surface area (Å²) in [6, 6.07) is 7.29. The Morgan fingerprint density at radius 1 is 0.937 bits per heavy atom. The molecule has 4 heterocycles. The van der Waals surface area contributed by atoms with Gasteiger partial charge in [-0.2, -0.15) is 11.8 Å². The molecule has 9 N–H and O–H groups in total. The molecule has 0 spiro atoms. The summed E-state index contributed by atoms with van der Waals surface area (Å²) in [7, 11) is 0. The molecule has 4 saturated heterocycles. The summed E-state index contributed by atoms with van der Waals surface area (Å²) in [5.41, 5.74) is 0.409. The molecule has 1 aliphatic carbocycles. The van der Waals surface area contributed by atoms with E-state index in [0.29, 0.717) is 29.9 Å². The van der Waals surface area contributed by atoms with E-state index in [4.69, 9.17) is 0 Å². The van der Waals surface area contributed by atoms with Crippen LogP contribution >= 0.6 is 23.5 Å². The highest BCUT2D eigenvalue weighted by molar-refractivity contribution is 8.01. The zero-order valence-corrected chi connectivity index (χ0v) is 39.3. The molecule has 1 unspecified atom stereocenters. The monoisotopic (exact) mass is 913 g/mol. The van der Waals surface area contributed by atoms with E-state index in [1.807, 2.05) is 76.7 Å². The van der Waals surface area contributed by atoms with E-state index < -0.39 is 34.2 Å². The van der Waals surface area contributed by atoms with Gasteiger partial charge < -0.3 is 42.3 Å². The molecule has 5 aliphatic rings. The Balaban J connectivity index is 0.991. The van der Waals surface area contributed by atoms with Crippen molar-refractivity contribution in [1.29, 1.82) is 0 Å². The van der Waals surface area contributed by atoms with E-state index in [1.165, 1.54) is 24.6 Å². The number of carbonyl (C=O) groups is 6. The van der Waals surface area contributed by atoms with Crippen molar-refractivity contribution in [2.45, 2.75) is 156 Å². The first kappa shape index (κ1) is 48.9. The third-order valence-corrected chi connectivity index (χ3v) is 15.9. The predicted octanol–water partition coefficient (Wildman–Crippen LogP) is 1.75. The number of aliphatic hydroxyl groups is 1. The zero-order valence-electron chi connectivity index (χ0n) is 37.6. The Morgan fingerprint density at radius 3 is 2.41 bits per heavy atom. The van der Waals surface area contributed by atoms with Gasteiger partial charge in [-0.1, -0.05) is 56.0 Å². The van der Waals surface area contributed by atoms with Gasteiger partial charge in [-0.3, -0.25) is 34.2 Å². The molecule has 350 valence electrons. The van der Waals surface area contributed by atoms with Crippen LogP contribution in [0.5, 0.6) is 0 Å². The second kappa shape index (κ2) is 22.1. The fourth-order valence-corrected chi connectivity index (χ4v) is 12.8. The van der Waals surface area contributed by atoms with Crippen molar-refractivity contribution < 1.29 is 33.9 Å². The molecule has 1 aromatic carbocycles. The number of benzene rings is 1. The summed E-state index contributed by atoms with van der Waals surface area (Å²) in [5, 5.41) is 35.0. The smallest absolute Gasteiger partial charge is 0.315 e. The Labute approximate surface area is 381 Å². The molecular weight excluding hydrogens is 843 g/mol. The number of thioether (sulfide) groups is 2. The first-order valence-corrected chi connectivity index (χ1v) is 24.9. The molecular formula is C45H71N9O7S2. The highest BCUT2D eigenvalue weighted by Crippen LogP contribution is 2.40. The minimum absolute atomic E-state index is 0.0120. The van der Waals surface area contributed by atoms with Crippen LogP contribution in [0.1, 0.15) is 98.0 Å². The van der Waals surface area contributed by atoms with Crippen LogP contribution in [0.15, 0.2) is 30.3 Å². The Bertz CT molecular complexity index is 1770. The number of amides is 7. The van der Waals surface area contributed by atoms with Gasteiger partial charge in [-0.25, -0.2) is 4.79 Å². The summed E-state index contributed by atoms with van der Waals surface area (Å²) in [6.07, 6.45) is 7.38. The Morgan fingerprint density at radius 2 is 1.67 bits per heavy atom. The summed E-state index contributed by atoms with van der Waals surface area (Å²) in [4.78, 5) is 81.0. The summed E-state index contributed by atoms with van der Waals surface area (Å²) >= 11 is 3.23. The van der Waals surface area contributed by atoms with Gasteiger partial charge in [-0.05, 0) is 77.7 Å². The Kier molecular flexibility index (Phi) is 17.1. The van der Waals surface area contributed by atoms with Crippen LogP contribution in [-0.2, 0) is 30.4 Å². The fourth-order valence-electron chi connectivity index (χ4n) is 9.78. The van der Waals surface area contributed by atoms with Crippen molar-refractivity contribution in [2.24, 2.45) is 11.8 Å². The second-order valence-corrected chi connectivity index (χ2v) is 22.7. The van der Waals surface area contributed by atoms with Crippen LogP contribution in [-0.4, -0.2) is 141 Å². The van der Waals surface area contributed by atoms with Gasteiger partial charge in [-0.15, -0.1) is 11.8 Å². The minimum atomic E-state index is -1.05. The summed E-state index contributed by atoms with van der Waals surface area (Å²) in [5.74, 6) is 0.603. The number of likely N-dealkylation sites (tertiary alicyclic amines) is 1. The maximum atomic E-state index is 13.8. The molecule has 6 rings (SSSR count). The molecule has 1 saturated carbocycles. The van der Waals surface area contributed by atoms with Crippen LogP contribution in [0.4, 0.5) is 4.79 Å². The van der Waals surface area contributed by atoms with Crippen molar-refractivity contribution in [3.63, 3.8) is 0 Å². The van der Waals surface area contributed by atoms with E-state index in [1.54, 1.807) is 0 Å². The molecule has 18 heteroatoms. The highest BCUT2D eigenvalue weighted by atomic mass is 32.2. The molecule has 0 aromatic heterocycles. The van der Waals surface area contributed by atoms with Crippen LogP contribution in [0.2, 0.25) is 0 Å². The van der Waals surface area contributed by atoms with Gasteiger partial charge in [0.1, 0.15) is 12.1 Å². The molecule has 0 radical (unpaired) electrons. The lowest BCUT2D eigenvalue weighted by Gasteiger charge is -2.46. The van der Waals surface area contributed by atoms with Gasteiger partial charge in [0.25, 0.3) is 0 Å². The van der Waals surface area contributed by atoms with E-state index in [-0.39, 0.29) is 85.9 Å². The van der Waals surface area contributed by atoms with Crippen molar-refractivity contribution in [3.05, 3.63) is 35.9 Å². The number of nitrogens with zero attached hydrogens (tertiary/aromatic N) is 1. The third-order valence-electron chi connectivity index (χ3n) is 12.9. The van der Waals surface area contributed by atoms with Gasteiger partial charge in [0.15, 0.2) is 0 Å². The molecule has 7 amide bonds. The van der Waals surface area contributed by atoms with Crippen LogP contribution in [0.25, 0.3) is 0 Å². The largest absolute Gasteiger partial charge is 0.390 e. The quantitative estimate of drug-likeness (QED) is 0.0719. The van der Waals surface area contributed by atoms with Crippen molar-refractivity contribution >= 4 is 59.1 Å². The van der Waals surface area contributed by atoms with Gasteiger partial charge in [0, 0.05) is 60.4 Å². The Hall–Kier alpha value is -3.58. The van der Waals surface area contributed by atoms with Crippen LogP contribution < -0.4 is 42.5 Å². The average molecular weight is 914 g/mol. The fraction of sp³-hybridized carbons (Fsp3) is 0.733. The van der Waals surface area contributed by atoms with Gasteiger partial charge >= 0.3 is 6.03 Å². The number of β-amino-alcohol motifs (C(OH)–C–C–N with tert-alkyl or cyclic N) is 1. The lowest BCUT2D eigenvalue weighted by Crippen LogP contribution is -2.60. The molecule has 10 atom stereocenters. The zero-order chi connectivity index (χ0) is 45.3. The first-order chi connectivity index (χ1) is 30.0. The van der Waals surface area contributed by atoms with Gasteiger partial charge in [0.2, 0.25) is 29.5 Å². The average Bonchev–Trinajstić information content (AvgIpc) is 3.89. The molecule has 5 fully saturated rings. The van der Waals surface area contributed by atoms with Crippen molar-refractivity contribution in [3.8, 4) is 0 Å².